The first-order valence-electron chi connectivity index (χ1n) is 5.09. The van der Waals surface area contributed by atoms with E-state index in [-0.39, 0.29) is 11.5 Å². The van der Waals surface area contributed by atoms with Crippen molar-refractivity contribution in [2.24, 2.45) is 11.1 Å². The Balaban J connectivity index is 2.96. The highest BCUT2D eigenvalue weighted by atomic mass is 15.3. The van der Waals surface area contributed by atoms with Crippen molar-refractivity contribution >= 4 is 0 Å². The van der Waals surface area contributed by atoms with Crippen LogP contribution in [0.15, 0.2) is 6.07 Å². The molecule has 1 heterocycles. The third kappa shape index (κ3) is 2.84. The number of aromatic nitrogens is 2. The number of aryl methyl sites for hydroxylation is 1. The predicted octanol–water partition coefficient (Wildman–Crippen LogP) is 2.26. The molecule has 0 aliphatic rings. The van der Waals surface area contributed by atoms with Crippen molar-refractivity contribution in [1.29, 1.82) is 0 Å². The molecule has 2 N–H and O–H groups in total. The van der Waals surface area contributed by atoms with Gasteiger partial charge in [0.1, 0.15) is 0 Å². The molecule has 0 aromatic carbocycles. The van der Waals surface area contributed by atoms with E-state index in [4.69, 9.17) is 5.73 Å². The van der Waals surface area contributed by atoms with Crippen molar-refractivity contribution in [3.63, 3.8) is 0 Å². The molecule has 0 radical (unpaired) electrons. The van der Waals surface area contributed by atoms with Crippen LogP contribution in [0.5, 0.6) is 0 Å². The minimum Gasteiger partial charge on any atom is -0.323 e. The van der Waals surface area contributed by atoms with Gasteiger partial charge in [0, 0.05) is 12.6 Å². The number of nitrogens with two attached hydrogens (primary N) is 1. The highest BCUT2D eigenvalue weighted by Gasteiger charge is 2.16. The third-order valence-electron chi connectivity index (χ3n) is 2.02. The van der Waals surface area contributed by atoms with E-state index >= 15 is 0 Å². The number of hydrogen-bond donors (Lipinski definition) is 1. The van der Waals surface area contributed by atoms with Crippen molar-refractivity contribution in [1.82, 2.24) is 9.78 Å². The van der Waals surface area contributed by atoms with Gasteiger partial charge in [0.05, 0.1) is 11.4 Å². The fourth-order valence-electron chi connectivity index (χ4n) is 1.51. The van der Waals surface area contributed by atoms with Gasteiger partial charge in [-0.15, -0.1) is 0 Å². The van der Waals surface area contributed by atoms with Crippen molar-refractivity contribution in [2.45, 2.75) is 47.2 Å². The molecule has 1 aromatic heterocycles. The summed E-state index contributed by atoms with van der Waals surface area (Å²) in [7, 11) is 0. The first-order valence-corrected chi connectivity index (χ1v) is 5.09. The van der Waals surface area contributed by atoms with Crippen LogP contribution in [0, 0.1) is 12.3 Å². The zero-order valence-electron chi connectivity index (χ0n) is 9.83. The Hall–Kier alpha value is -0.830. The monoisotopic (exact) mass is 195 g/mol. The molecule has 0 spiro atoms. The average Bonchev–Trinajstić information content (AvgIpc) is 2.27. The summed E-state index contributed by atoms with van der Waals surface area (Å²) >= 11 is 0. The SMILES string of the molecule is Cc1cc([C@H](C)N)n(CC(C)(C)C)n1. The Kier molecular flexibility index (Phi) is 3.00. The van der Waals surface area contributed by atoms with Gasteiger partial charge < -0.3 is 5.73 Å². The Morgan fingerprint density at radius 1 is 1.50 bits per heavy atom. The van der Waals surface area contributed by atoms with Gasteiger partial charge in [0.2, 0.25) is 0 Å². The van der Waals surface area contributed by atoms with Gasteiger partial charge in [-0.2, -0.15) is 5.10 Å². The maximum atomic E-state index is 5.89. The van der Waals surface area contributed by atoms with Crippen LogP contribution in [0.2, 0.25) is 0 Å². The van der Waals surface area contributed by atoms with Crippen LogP contribution < -0.4 is 5.73 Å². The molecule has 3 nitrogen and oxygen atoms in total. The van der Waals surface area contributed by atoms with Crippen molar-refractivity contribution in [3.8, 4) is 0 Å². The minimum absolute atomic E-state index is 0.0542. The number of hydrogen-bond acceptors (Lipinski definition) is 2. The molecule has 0 aliphatic carbocycles. The molecule has 1 aromatic rings. The van der Waals surface area contributed by atoms with Crippen LogP contribution in [0.1, 0.15) is 45.1 Å². The molecule has 0 aliphatic heterocycles. The molecule has 0 amide bonds. The van der Waals surface area contributed by atoms with Crippen LogP contribution >= 0.6 is 0 Å². The van der Waals surface area contributed by atoms with E-state index in [1.807, 2.05) is 18.5 Å². The second-order valence-corrected chi connectivity index (χ2v) is 5.22. The van der Waals surface area contributed by atoms with Crippen LogP contribution in [0.4, 0.5) is 0 Å². The average molecular weight is 195 g/mol. The molecule has 0 unspecified atom stereocenters. The van der Waals surface area contributed by atoms with E-state index in [1.54, 1.807) is 0 Å². The summed E-state index contributed by atoms with van der Waals surface area (Å²) in [6, 6.07) is 2.12. The van der Waals surface area contributed by atoms with Gasteiger partial charge in [-0.3, -0.25) is 4.68 Å². The van der Waals surface area contributed by atoms with Gasteiger partial charge in [0.15, 0.2) is 0 Å². The smallest absolute Gasteiger partial charge is 0.0597 e. The maximum Gasteiger partial charge on any atom is 0.0597 e. The lowest BCUT2D eigenvalue weighted by Crippen LogP contribution is -2.21. The normalized spacial score (nSPS) is 14.4. The zero-order chi connectivity index (χ0) is 10.9. The fourth-order valence-corrected chi connectivity index (χ4v) is 1.51. The molecular formula is C11H21N3. The Morgan fingerprint density at radius 2 is 2.07 bits per heavy atom. The van der Waals surface area contributed by atoms with Gasteiger partial charge in [-0.25, -0.2) is 0 Å². The van der Waals surface area contributed by atoms with Crippen LogP contribution in [0.25, 0.3) is 0 Å². The van der Waals surface area contributed by atoms with Gasteiger partial charge in [-0.05, 0) is 25.3 Å². The molecule has 1 atom stereocenters. The molecule has 1 rings (SSSR count). The van der Waals surface area contributed by atoms with E-state index < -0.39 is 0 Å². The van der Waals surface area contributed by atoms with Gasteiger partial charge >= 0.3 is 0 Å². The molecule has 0 fully saturated rings. The first-order chi connectivity index (χ1) is 6.29. The summed E-state index contributed by atoms with van der Waals surface area (Å²) in [6.07, 6.45) is 0. The standard InChI is InChI=1S/C11H21N3/c1-8-6-10(9(2)12)14(13-8)7-11(3,4)5/h6,9H,7,12H2,1-5H3/t9-/m0/s1. The molecule has 0 bridgehead atoms. The fraction of sp³-hybridized carbons (Fsp3) is 0.727. The lowest BCUT2D eigenvalue weighted by molar-refractivity contribution is 0.316. The molecule has 80 valence electrons. The summed E-state index contributed by atoms with van der Waals surface area (Å²) in [4.78, 5) is 0. The number of nitrogens with zero attached hydrogens (tertiary/aromatic N) is 2. The lowest BCUT2D eigenvalue weighted by atomic mass is 9.97. The van der Waals surface area contributed by atoms with Gasteiger partial charge in [0.25, 0.3) is 0 Å². The Bertz CT molecular complexity index is 305. The maximum absolute atomic E-state index is 5.89. The second-order valence-electron chi connectivity index (χ2n) is 5.22. The number of rotatable bonds is 2. The van der Waals surface area contributed by atoms with E-state index in [9.17, 15) is 0 Å². The Labute approximate surface area is 86.3 Å². The highest BCUT2D eigenvalue weighted by molar-refractivity contribution is 5.12. The van der Waals surface area contributed by atoms with Crippen LogP contribution in [-0.2, 0) is 6.54 Å². The third-order valence-corrected chi connectivity index (χ3v) is 2.02. The van der Waals surface area contributed by atoms with E-state index in [0.717, 1.165) is 17.9 Å². The predicted molar refractivity (Wildman–Crippen MR) is 59.0 cm³/mol. The topological polar surface area (TPSA) is 43.8 Å². The summed E-state index contributed by atoms with van der Waals surface area (Å²) in [5.41, 5.74) is 8.29. The Morgan fingerprint density at radius 3 is 2.50 bits per heavy atom. The van der Waals surface area contributed by atoms with Crippen molar-refractivity contribution in [3.05, 3.63) is 17.5 Å². The van der Waals surface area contributed by atoms with Crippen molar-refractivity contribution in [2.75, 3.05) is 0 Å². The summed E-state index contributed by atoms with van der Waals surface area (Å²) in [5.74, 6) is 0. The zero-order valence-corrected chi connectivity index (χ0v) is 9.83. The van der Waals surface area contributed by atoms with Crippen LogP contribution in [-0.4, -0.2) is 9.78 Å². The summed E-state index contributed by atoms with van der Waals surface area (Å²) in [5, 5.41) is 4.45. The van der Waals surface area contributed by atoms with E-state index in [2.05, 4.69) is 31.9 Å². The molecule has 0 saturated carbocycles. The summed E-state index contributed by atoms with van der Waals surface area (Å²) < 4.78 is 2.03. The summed E-state index contributed by atoms with van der Waals surface area (Å²) in [6.45, 7) is 11.5. The van der Waals surface area contributed by atoms with Crippen LogP contribution in [0.3, 0.4) is 0 Å². The molecular weight excluding hydrogens is 174 g/mol. The van der Waals surface area contributed by atoms with Gasteiger partial charge in [-0.1, -0.05) is 20.8 Å². The second kappa shape index (κ2) is 3.73. The minimum atomic E-state index is 0.0542. The van der Waals surface area contributed by atoms with E-state index in [1.165, 1.54) is 0 Å². The van der Waals surface area contributed by atoms with E-state index in [0.29, 0.717) is 0 Å². The lowest BCUT2D eigenvalue weighted by Gasteiger charge is -2.20. The van der Waals surface area contributed by atoms with Crippen molar-refractivity contribution < 1.29 is 0 Å². The molecule has 3 heteroatoms. The first kappa shape index (κ1) is 11.2. The molecule has 0 saturated heterocycles. The molecule has 14 heavy (non-hydrogen) atoms. The largest absolute Gasteiger partial charge is 0.323 e. The quantitative estimate of drug-likeness (QED) is 0.786. The highest BCUT2D eigenvalue weighted by Crippen LogP contribution is 2.20.